The smallest absolute Gasteiger partial charge is 0.287 e. The Kier molecular flexibility index (Phi) is 7.46. The lowest BCUT2D eigenvalue weighted by molar-refractivity contribution is 0.0302. The maximum atomic E-state index is 12.8. The Morgan fingerprint density at radius 1 is 0.949 bits per heavy atom. The lowest BCUT2D eigenvalue weighted by Crippen LogP contribution is -2.40. The number of nitrogens with zero attached hydrogens (tertiary/aromatic N) is 3. The molecule has 0 radical (unpaired) electrons. The van der Waals surface area contributed by atoms with Crippen molar-refractivity contribution in [2.75, 3.05) is 36.9 Å². The number of ether oxygens (including phenoxy) is 1. The lowest BCUT2D eigenvalue weighted by Gasteiger charge is -2.26. The predicted molar refractivity (Wildman–Crippen MR) is 148 cm³/mol. The van der Waals surface area contributed by atoms with Crippen LogP contribution in [0.5, 0.6) is 0 Å². The van der Waals surface area contributed by atoms with Gasteiger partial charge in [0.05, 0.1) is 24.5 Å². The number of aromatic amines is 1. The van der Waals surface area contributed by atoms with Gasteiger partial charge in [0.25, 0.3) is 17.4 Å². The second-order valence-corrected chi connectivity index (χ2v) is 9.26. The number of anilines is 3. The molecule has 4 aromatic rings. The number of H-pyrrole nitrogens is 1. The molecule has 0 spiro atoms. The van der Waals surface area contributed by atoms with Gasteiger partial charge in [-0.05, 0) is 55.8 Å². The average Bonchev–Trinajstić information content (AvgIpc) is 2.96. The van der Waals surface area contributed by atoms with Gasteiger partial charge in [0.2, 0.25) is 0 Å². The molecule has 3 N–H and O–H groups in total. The first-order valence-electron chi connectivity index (χ1n) is 12.6. The van der Waals surface area contributed by atoms with Crippen molar-refractivity contribution in [2.24, 2.45) is 0 Å². The molecule has 10 heteroatoms. The van der Waals surface area contributed by atoms with Gasteiger partial charge in [-0.1, -0.05) is 29.8 Å². The van der Waals surface area contributed by atoms with E-state index in [0.29, 0.717) is 54.6 Å². The van der Waals surface area contributed by atoms with Crippen molar-refractivity contribution in [2.45, 2.75) is 13.8 Å². The number of pyridine rings is 1. The average molecular weight is 525 g/mol. The molecule has 198 valence electrons. The summed E-state index contributed by atoms with van der Waals surface area (Å²) in [5.74, 6) is 0.0897. The first-order chi connectivity index (χ1) is 18.9. The van der Waals surface area contributed by atoms with Gasteiger partial charge < -0.3 is 20.3 Å². The van der Waals surface area contributed by atoms with E-state index in [9.17, 15) is 14.4 Å². The van der Waals surface area contributed by atoms with Gasteiger partial charge in [-0.3, -0.25) is 14.4 Å². The zero-order valence-corrected chi connectivity index (χ0v) is 21.7. The molecular formula is C29H28N6O4. The van der Waals surface area contributed by atoms with Crippen LogP contribution in [0, 0.1) is 13.8 Å². The van der Waals surface area contributed by atoms with Gasteiger partial charge >= 0.3 is 0 Å². The normalized spacial score (nSPS) is 13.1. The molecule has 39 heavy (non-hydrogen) atoms. The summed E-state index contributed by atoms with van der Waals surface area (Å²) >= 11 is 0. The van der Waals surface area contributed by atoms with Gasteiger partial charge in [-0.25, -0.2) is 10.1 Å². The summed E-state index contributed by atoms with van der Waals surface area (Å²) in [5, 5.41) is 12.7. The van der Waals surface area contributed by atoms with Gasteiger partial charge in [0.1, 0.15) is 11.5 Å². The number of aryl methyl sites for hydroxylation is 1. The molecule has 0 atom stereocenters. The number of rotatable bonds is 6. The van der Waals surface area contributed by atoms with Crippen molar-refractivity contribution >= 4 is 29.0 Å². The van der Waals surface area contributed by atoms with Crippen LogP contribution in [-0.2, 0) is 4.74 Å². The van der Waals surface area contributed by atoms with Gasteiger partial charge in [-0.2, -0.15) is 5.10 Å². The number of hydrogen-bond acceptors (Lipinski definition) is 7. The summed E-state index contributed by atoms with van der Waals surface area (Å²) in [6.07, 6.45) is 1.49. The number of nitrogens with one attached hydrogen (secondary N) is 3. The van der Waals surface area contributed by atoms with Crippen molar-refractivity contribution in [1.82, 2.24) is 20.1 Å². The lowest BCUT2D eigenvalue weighted by atomic mass is 10.0. The third kappa shape index (κ3) is 5.86. The van der Waals surface area contributed by atoms with Crippen LogP contribution in [0.25, 0.3) is 11.3 Å². The van der Waals surface area contributed by atoms with Crippen molar-refractivity contribution in [3.63, 3.8) is 0 Å². The Labute approximate surface area is 225 Å². The molecule has 3 heterocycles. The first kappa shape index (κ1) is 25.8. The molecule has 2 aromatic heterocycles. The van der Waals surface area contributed by atoms with E-state index in [1.807, 2.05) is 44.2 Å². The molecule has 1 aliphatic rings. The van der Waals surface area contributed by atoms with Crippen molar-refractivity contribution < 1.29 is 14.3 Å². The topological polar surface area (TPSA) is 129 Å². The van der Waals surface area contributed by atoms with Gasteiger partial charge in [0, 0.05) is 36.1 Å². The minimum Gasteiger partial charge on any atom is -0.378 e. The highest BCUT2D eigenvalue weighted by Crippen LogP contribution is 2.28. The maximum absolute atomic E-state index is 12.8. The molecule has 10 nitrogen and oxygen atoms in total. The van der Waals surface area contributed by atoms with E-state index in [0.717, 1.165) is 16.7 Å². The molecule has 0 aliphatic carbocycles. The number of aromatic nitrogens is 3. The monoisotopic (exact) mass is 524 g/mol. The fraction of sp³-hybridized carbons (Fsp3) is 0.207. The summed E-state index contributed by atoms with van der Waals surface area (Å²) < 4.78 is 5.30. The highest BCUT2D eigenvalue weighted by molar-refractivity contribution is 6.05. The van der Waals surface area contributed by atoms with Crippen LogP contribution < -0.4 is 16.2 Å². The summed E-state index contributed by atoms with van der Waals surface area (Å²) in [6, 6.07) is 17.8. The molecule has 1 fully saturated rings. The number of benzene rings is 2. The quantitative estimate of drug-likeness (QED) is 0.349. The molecule has 2 amide bonds. The minimum absolute atomic E-state index is 0.105. The molecule has 5 rings (SSSR count). The zero-order chi connectivity index (χ0) is 27.4. The van der Waals surface area contributed by atoms with Gasteiger partial charge in [0.15, 0.2) is 0 Å². The Hall–Kier alpha value is -4.83. The number of carbonyl (C=O) groups is 2. The highest BCUT2D eigenvalue weighted by atomic mass is 16.5. The van der Waals surface area contributed by atoms with E-state index in [-0.39, 0.29) is 17.5 Å². The van der Waals surface area contributed by atoms with Crippen molar-refractivity contribution in [3.8, 4) is 11.3 Å². The fourth-order valence-corrected chi connectivity index (χ4v) is 4.27. The summed E-state index contributed by atoms with van der Waals surface area (Å²) in [5.41, 5.74) is 4.62. The number of amides is 2. The molecule has 1 aliphatic heterocycles. The second kappa shape index (κ2) is 11.3. The molecule has 0 bridgehead atoms. The Bertz CT molecular complexity index is 1560. The first-order valence-corrected chi connectivity index (χ1v) is 12.6. The minimum atomic E-state index is -0.421. The Morgan fingerprint density at radius 3 is 2.41 bits per heavy atom. The van der Waals surface area contributed by atoms with Crippen LogP contribution in [-0.4, -0.2) is 58.2 Å². The van der Waals surface area contributed by atoms with Crippen LogP contribution in [0.4, 0.5) is 17.2 Å². The SMILES string of the molecule is Cc1ccc(C(=O)Nc2cccc(-c3cc(Nc4ccc(C(=O)N5CCOCC5)cn4)c(=O)[nH]n3)c2C)cc1. The molecule has 0 saturated carbocycles. The van der Waals surface area contributed by atoms with Crippen LogP contribution in [0.15, 0.2) is 71.7 Å². The van der Waals surface area contributed by atoms with E-state index in [1.165, 1.54) is 6.20 Å². The van der Waals surface area contributed by atoms with E-state index >= 15 is 0 Å². The molecule has 0 unspecified atom stereocenters. The number of carbonyl (C=O) groups excluding carboxylic acids is 2. The van der Waals surface area contributed by atoms with Crippen LogP contribution in [0.1, 0.15) is 31.8 Å². The van der Waals surface area contributed by atoms with Crippen molar-refractivity contribution in [1.29, 1.82) is 0 Å². The van der Waals surface area contributed by atoms with Crippen LogP contribution >= 0.6 is 0 Å². The largest absolute Gasteiger partial charge is 0.378 e. The summed E-state index contributed by atoms with van der Waals surface area (Å²) in [6.45, 7) is 5.98. The van der Waals surface area contributed by atoms with Crippen molar-refractivity contribution in [3.05, 3.63) is 99.5 Å². The van der Waals surface area contributed by atoms with E-state index in [4.69, 9.17) is 4.74 Å². The zero-order valence-electron chi connectivity index (χ0n) is 21.7. The fourth-order valence-electron chi connectivity index (χ4n) is 4.27. The van der Waals surface area contributed by atoms with Gasteiger partial charge in [-0.15, -0.1) is 0 Å². The van der Waals surface area contributed by atoms with E-state index in [1.54, 1.807) is 35.2 Å². The number of morpholine rings is 1. The van der Waals surface area contributed by atoms with E-state index in [2.05, 4.69) is 25.8 Å². The predicted octanol–water partition coefficient (Wildman–Crippen LogP) is 3.92. The Morgan fingerprint density at radius 2 is 1.69 bits per heavy atom. The number of hydrogen-bond donors (Lipinski definition) is 3. The third-order valence-corrected chi connectivity index (χ3v) is 6.55. The summed E-state index contributed by atoms with van der Waals surface area (Å²) in [4.78, 5) is 44.0. The van der Waals surface area contributed by atoms with E-state index < -0.39 is 5.56 Å². The third-order valence-electron chi connectivity index (χ3n) is 6.55. The molecular weight excluding hydrogens is 496 g/mol. The van der Waals surface area contributed by atoms with Crippen LogP contribution in [0.2, 0.25) is 0 Å². The molecule has 2 aromatic carbocycles. The second-order valence-electron chi connectivity index (χ2n) is 9.26. The maximum Gasteiger partial charge on any atom is 0.287 e. The summed E-state index contributed by atoms with van der Waals surface area (Å²) in [7, 11) is 0. The highest BCUT2D eigenvalue weighted by Gasteiger charge is 2.19. The molecule has 1 saturated heterocycles. The Balaban J connectivity index is 1.34. The standard InChI is InChI=1S/C29H28N6O4/c1-18-6-8-20(9-7-18)27(36)32-23-5-3-4-22(19(23)2)24-16-25(28(37)34-33-24)31-26-11-10-21(17-30-26)29(38)35-12-14-39-15-13-35/h3-11,16-17H,12-15H2,1-2H3,(H,32,36)(H,34,37)(H,30,31,33). The van der Waals surface area contributed by atoms with Crippen LogP contribution in [0.3, 0.4) is 0 Å².